The molecule has 0 aromatic carbocycles. The van der Waals surface area contributed by atoms with E-state index in [9.17, 15) is 24.3 Å². The molecule has 0 radical (unpaired) electrons. The fourth-order valence-corrected chi connectivity index (χ4v) is 9.37. The Morgan fingerprint density at radius 2 is 1.53 bits per heavy atom. The van der Waals surface area contributed by atoms with E-state index in [4.69, 9.17) is 23.7 Å². The van der Waals surface area contributed by atoms with E-state index < -0.39 is 82.2 Å². The maximum absolute atomic E-state index is 12.7. The van der Waals surface area contributed by atoms with Crippen LogP contribution in [0.1, 0.15) is 67.2 Å². The van der Waals surface area contributed by atoms with Gasteiger partial charge in [0.25, 0.3) is 0 Å². The van der Waals surface area contributed by atoms with Crippen molar-refractivity contribution in [1.82, 2.24) is 0 Å². The molecule has 4 aliphatic carbocycles. The minimum Gasteiger partial charge on any atom is -0.462 e. The van der Waals surface area contributed by atoms with Crippen LogP contribution in [0.15, 0.2) is 12.2 Å². The summed E-state index contributed by atoms with van der Waals surface area (Å²) in [6.07, 6.45) is -1.65. The van der Waals surface area contributed by atoms with E-state index in [1.165, 1.54) is 27.7 Å². The summed E-state index contributed by atoms with van der Waals surface area (Å²) in [7, 11) is 0. The number of aliphatic hydroxyl groups is 1. The average Bonchev–Trinajstić information content (AvgIpc) is 2.98. The van der Waals surface area contributed by atoms with Gasteiger partial charge in [-0.3, -0.25) is 19.2 Å². The molecule has 10 heteroatoms. The van der Waals surface area contributed by atoms with Gasteiger partial charge in [0.15, 0.2) is 6.10 Å². The number of esters is 4. The summed E-state index contributed by atoms with van der Waals surface area (Å²) in [4.78, 5) is 49.8. The summed E-state index contributed by atoms with van der Waals surface area (Å²) in [5, 5.41) is 12.7. The summed E-state index contributed by atoms with van der Waals surface area (Å²) in [6, 6.07) is 0. The largest absolute Gasteiger partial charge is 0.462 e. The van der Waals surface area contributed by atoms with Gasteiger partial charge < -0.3 is 28.8 Å². The highest BCUT2D eigenvalue weighted by Gasteiger charge is 2.88. The van der Waals surface area contributed by atoms with E-state index in [0.29, 0.717) is 31.3 Å². The lowest BCUT2D eigenvalue weighted by atomic mass is 9.35. The first-order chi connectivity index (χ1) is 17.6. The SMILES string of the molecule is C=C1C2CC(OC(C)=O)C3C45COC(O)(C(OC(C)=O)C4C(C)(C)CCC5OC(C)=O)C3(C2)C1OC(C)=O. The molecule has 0 aromatic rings. The van der Waals surface area contributed by atoms with Crippen LogP contribution in [0.4, 0.5) is 0 Å². The Balaban J connectivity index is 1.84. The molecule has 4 bridgehead atoms. The van der Waals surface area contributed by atoms with Crippen LogP contribution < -0.4 is 0 Å². The van der Waals surface area contributed by atoms with Gasteiger partial charge in [-0.15, -0.1) is 0 Å². The second kappa shape index (κ2) is 8.52. The second-order valence-electron chi connectivity index (χ2n) is 12.6. The number of hydrogen-bond acceptors (Lipinski definition) is 10. The molecule has 6 aliphatic rings. The summed E-state index contributed by atoms with van der Waals surface area (Å²) >= 11 is 0. The zero-order valence-electron chi connectivity index (χ0n) is 22.9. The van der Waals surface area contributed by atoms with Crippen LogP contribution in [0.2, 0.25) is 0 Å². The second-order valence-corrected chi connectivity index (χ2v) is 12.6. The molecule has 0 aromatic heterocycles. The number of hydrogen-bond donors (Lipinski definition) is 1. The van der Waals surface area contributed by atoms with Gasteiger partial charge in [-0.2, -0.15) is 0 Å². The molecule has 0 amide bonds. The minimum absolute atomic E-state index is 0.0125. The van der Waals surface area contributed by atoms with Gasteiger partial charge in [0.2, 0.25) is 5.79 Å². The van der Waals surface area contributed by atoms with E-state index in [1.54, 1.807) is 0 Å². The van der Waals surface area contributed by atoms with Crippen molar-refractivity contribution in [2.75, 3.05) is 6.61 Å². The van der Waals surface area contributed by atoms with Gasteiger partial charge in [0.1, 0.15) is 18.3 Å². The normalized spacial score (nSPS) is 45.9. The number of rotatable bonds is 4. The first-order valence-corrected chi connectivity index (χ1v) is 13.4. The lowest BCUT2D eigenvalue weighted by Crippen LogP contribution is -2.86. The van der Waals surface area contributed by atoms with Crippen LogP contribution in [0.3, 0.4) is 0 Å². The van der Waals surface area contributed by atoms with Crippen molar-refractivity contribution >= 4 is 23.9 Å². The molecule has 2 heterocycles. The van der Waals surface area contributed by atoms with Crippen molar-refractivity contribution in [3.8, 4) is 0 Å². The summed E-state index contributed by atoms with van der Waals surface area (Å²) < 4.78 is 30.2. The molecular weight excluding hydrogens is 496 g/mol. The third-order valence-corrected chi connectivity index (χ3v) is 10.1. The van der Waals surface area contributed by atoms with Gasteiger partial charge in [-0.25, -0.2) is 0 Å². The van der Waals surface area contributed by atoms with Crippen LogP contribution >= 0.6 is 0 Å². The number of fused-ring (bicyclic) bond motifs is 2. The highest BCUT2D eigenvalue weighted by Crippen LogP contribution is 2.78. The van der Waals surface area contributed by atoms with Gasteiger partial charge in [-0.05, 0) is 42.6 Å². The topological polar surface area (TPSA) is 135 Å². The Bertz CT molecular complexity index is 1100. The Kier molecular flexibility index (Phi) is 6.08. The third kappa shape index (κ3) is 3.38. The van der Waals surface area contributed by atoms with Gasteiger partial charge in [0, 0.05) is 44.9 Å². The van der Waals surface area contributed by atoms with Gasteiger partial charge >= 0.3 is 23.9 Å². The first kappa shape index (κ1) is 27.1. The maximum atomic E-state index is 12.7. The molecule has 4 saturated carbocycles. The van der Waals surface area contributed by atoms with Crippen molar-refractivity contribution in [2.24, 2.45) is 34.0 Å². The molecule has 210 valence electrons. The first-order valence-electron chi connectivity index (χ1n) is 13.4. The number of carbonyl (C=O) groups is 4. The highest BCUT2D eigenvalue weighted by atomic mass is 16.7. The smallest absolute Gasteiger partial charge is 0.303 e. The molecule has 38 heavy (non-hydrogen) atoms. The Morgan fingerprint density at radius 1 is 0.921 bits per heavy atom. The summed E-state index contributed by atoms with van der Waals surface area (Å²) in [5.41, 5.74) is -2.27. The number of carbonyl (C=O) groups excluding carboxylic acids is 4. The van der Waals surface area contributed by atoms with E-state index in [0.717, 1.165) is 0 Å². The Labute approximate surface area is 222 Å². The summed E-state index contributed by atoms with van der Waals surface area (Å²) in [5.74, 6) is -5.62. The maximum Gasteiger partial charge on any atom is 0.303 e. The van der Waals surface area contributed by atoms with Crippen LogP contribution in [0.5, 0.6) is 0 Å². The number of ether oxygens (including phenoxy) is 5. The van der Waals surface area contributed by atoms with E-state index in [-0.39, 0.29) is 12.5 Å². The zero-order chi connectivity index (χ0) is 28.0. The molecule has 2 saturated heterocycles. The van der Waals surface area contributed by atoms with Gasteiger partial charge in [-0.1, -0.05) is 20.4 Å². The standard InChI is InChI=1S/C28H38O10/c1-13-18-10-19(35-14(2)29)21-26-12-34-28(33,27(21,11-18)23(13)37-16(4)31)24(38-17(5)32)22(26)25(6,7)9-8-20(26)36-15(3)30/h18-24,33H,1,8-12H2,2-7H3. The fourth-order valence-electron chi connectivity index (χ4n) is 9.37. The minimum atomic E-state index is -2.08. The molecule has 10 nitrogen and oxygen atoms in total. The van der Waals surface area contributed by atoms with Crippen molar-refractivity contribution < 1.29 is 48.0 Å². The van der Waals surface area contributed by atoms with Crippen molar-refractivity contribution in [3.05, 3.63) is 12.2 Å². The van der Waals surface area contributed by atoms with Crippen LogP contribution in [0.25, 0.3) is 0 Å². The third-order valence-electron chi connectivity index (χ3n) is 10.1. The molecule has 2 spiro atoms. The predicted molar refractivity (Wildman–Crippen MR) is 130 cm³/mol. The molecule has 10 atom stereocenters. The lowest BCUT2D eigenvalue weighted by Gasteiger charge is -2.75. The Hall–Kier alpha value is -2.46. The zero-order valence-corrected chi connectivity index (χ0v) is 22.9. The molecular formula is C28H38O10. The molecule has 6 fully saturated rings. The molecule has 6 rings (SSSR count). The molecule has 2 aliphatic heterocycles. The monoisotopic (exact) mass is 534 g/mol. The quantitative estimate of drug-likeness (QED) is 0.326. The van der Waals surface area contributed by atoms with E-state index in [2.05, 4.69) is 6.58 Å². The molecule has 10 unspecified atom stereocenters. The highest BCUT2D eigenvalue weighted by molar-refractivity contribution is 5.68. The molecule has 1 N–H and O–H groups in total. The average molecular weight is 535 g/mol. The Morgan fingerprint density at radius 3 is 2.11 bits per heavy atom. The van der Waals surface area contributed by atoms with E-state index >= 15 is 0 Å². The van der Waals surface area contributed by atoms with Crippen LogP contribution in [-0.2, 0) is 42.9 Å². The predicted octanol–water partition coefficient (Wildman–Crippen LogP) is 2.45. The van der Waals surface area contributed by atoms with Crippen LogP contribution in [-0.4, -0.2) is 65.8 Å². The van der Waals surface area contributed by atoms with Crippen molar-refractivity contribution in [1.29, 1.82) is 0 Å². The fraction of sp³-hybridized carbons (Fsp3) is 0.786. The summed E-state index contributed by atoms with van der Waals surface area (Å²) in [6.45, 7) is 13.6. The van der Waals surface area contributed by atoms with Crippen molar-refractivity contribution in [3.63, 3.8) is 0 Å². The van der Waals surface area contributed by atoms with Crippen molar-refractivity contribution in [2.45, 2.75) is 97.4 Å². The van der Waals surface area contributed by atoms with E-state index in [1.807, 2.05) is 13.8 Å². The lowest BCUT2D eigenvalue weighted by molar-refractivity contribution is -0.472. The van der Waals surface area contributed by atoms with Crippen LogP contribution in [0, 0.1) is 34.0 Å². The van der Waals surface area contributed by atoms with Gasteiger partial charge in [0.05, 0.1) is 12.0 Å².